The van der Waals surface area contributed by atoms with E-state index in [2.05, 4.69) is 29.8 Å². The molecule has 17 heavy (non-hydrogen) atoms. The third-order valence-corrected chi connectivity index (χ3v) is 3.45. The lowest BCUT2D eigenvalue weighted by Gasteiger charge is -2.08. The van der Waals surface area contributed by atoms with Gasteiger partial charge < -0.3 is 9.88 Å². The van der Waals surface area contributed by atoms with Gasteiger partial charge in [0.05, 0.1) is 0 Å². The number of nitrogens with one attached hydrogen (secondary N) is 1. The van der Waals surface area contributed by atoms with Crippen LogP contribution in [0.5, 0.6) is 0 Å². The fourth-order valence-corrected chi connectivity index (χ4v) is 2.43. The van der Waals surface area contributed by atoms with E-state index in [1.807, 2.05) is 6.92 Å². The molecule has 1 aromatic rings. The Labute approximate surface area is 103 Å². The second-order valence-corrected chi connectivity index (χ2v) is 5.02. The van der Waals surface area contributed by atoms with Gasteiger partial charge in [0, 0.05) is 30.4 Å². The SMILES string of the molecule is CCCC(=O)NCc1cc(C)n(C2CC2)c1C. The van der Waals surface area contributed by atoms with Crippen LogP contribution in [0.1, 0.15) is 55.6 Å². The Bertz CT molecular complexity index is 416. The summed E-state index contributed by atoms with van der Waals surface area (Å²) in [5.41, 5.74) is 3.91. The second kappa shape index (κ2) is 4.94. The number of rotatable bonds is 5. The molecule has 1 aromatic heterocycles. The molecular formula is C14H22N2O. The van der Waals surface area contributed by atoms with E-state index in [4.69, 9.17) is 0 Å². The zero-order chi connectivity index (χ0) is 12.4. The molecule has 1 fully saturated rings. The molecule has 0 atom stereocenters. The quantitative estimate of drug-likeness (QED) is 0.835. The summed E-state index contributed by atoms with van der Waals surface area (Å²) >= 11 is 0. The molecule has 2 rings (SSSR count). The molecule has 3 heteroatoms. The lowest BCUT2D eigenvalue weighted by atomic mass is 10.2. The van der Waals surface area contributed by atoms with Crippen molar-refractivity contribution in [3.63, 3.8) is 0 Å². The van der Waals surface area contributed by atoms with Crippen LogP contribution in [0.3, 0.4) is 0 Å². The Morgan fingerprint density at radius 2 is 2.18 bits per heavy atom. The first-order chi connectivity index (χ1) is 8.13. The number of aryl methyl sites for hydroxylation is 1. The summed E-state index contributed by atoms with van der Waals surface area (Å²) in [6.45, 7) is 7.01. The monoisotopic (exact) mass is 234 g/mol. The lowest BCUT2D eigenvalue weighted by Crippen LogP contribution is -2.22. The normalized spacial score (nSPS) is 15.0. The molecule has 1 aliphatic carbocycles. The molecule has 1 saturated carbocycles. The van der Waals surface area contributed by atoms with E-state index in [0.717, 1.165) is 12.5 Å². The van der Waals surface area contributed by atoms with E-state index in [9.17, 15) is 4.79 Å². The van der Waals surface area contributed by atoms with Crippen molar-refractivity contribution in [2.75, 3.05) is 0 Å². The van der Waals surface area contributed by atoms with Crippen LogP contribution in [0.15, 0.2) is 6.07 Å². The van der Waals surface area contributed by atoms with E-state index in [-0.39, 0.29) is 5.91 Å². The third kappa shape index (κ3) is 2.71. The zero-order valence-corrected chi connectivity index (χ0v) is 11.0. The number of carbonyl (C=O) groups excluding carboxylic acids is 1. The van der Waals surface area contributed by atoms with Gasteiger partial charge in [-0.1, -0.05) is 6.92 Å². The van der Waals surface area contributed by atoms with Gasteiger partial charge in [-0.25, -0.2) is 0 Å². The van der Waals surface area contributed by atoms with Gasteiger partial charge in [-0.3, -0.25) is 4.79 Å². The van der Waals surface area contributed by atoms with Gasteiger partial charge in [0.25, 0.3) is 0 Å². The van der Waals surface area contributed by atoms with Crippen LogP contribution in [0, 0.1) is 13.8 Å². The molecule has 0 bridgehead atoms. The highest BCUT2D eigenvalue weighted by atomic mass is 16.1. The number of nitrogens with zero attached hydrogens (tertiary/aromatic N) is 1. The highest BCUT2D eigenvalue weighted by Crippen LogP contribution is 2.38. The molecule has 1 amide bonds. The van der Waals surface area contributed by atoms with E-state index in [1.54, 1.807) is 0 Å². The van der Waals surface area contributed by atoms with Crippen LogP contribution in [-0.4, -0.2) is 10.5 Å². The van der Waals surface area contributed by atoms with Crippen molar-refractivity contribution >= 4 is 5.91 Å². The molecule has 0 spiro atoms. The first-order valence-corrected chi connectivity index (χ1v) is 6.57. The van der Waals surface area contributed by atoms with Crippen molar-refractivity contribution in [1.82, 2.24) is 9.88 Å². The summed E-state index contributed by atoms with van der Waals surface area (Å²) in [5, 5.41) is 2.99. The third-order valence-electron chi connectivity index (χ3n) is 3.45. The Morgan fingerprint density at radius 3 is 2.76 bits per heavy atom. The van der Waals surface area contributed by atoms with E-state index in [0.29, 0.717) is 13.0 Å². The molecule has 1 aliphatic rings. The minimum Gasteiger partial charge on any atom is -0.352 e. The summed E-state index contributed by atoms with van der Waals surface area (Å²) in [4.78, 5) is 11.4. The van der Waals surface area contributed by atoms with Crippen LogP contribution in [0.4, 0.5) is 0 Å². The van der Waals surface area contributed by atoms with E-state index < -0.39 is 0 Å². The first-order valence-electron chi connectivity index (χ1n) is 6.57. The van der Waals surface area contributed by atoms with Crippen LogP contribution in [0.2, 0.25) is 0 Å². The van der Waals surface area contributed by atoms with Gasteiger partial charge in [-0.15, -0.1) is 0 Å². The molecule has 0 aromatic carbocycles. The fraction of sp³-hybridized carbons (Fsp3) is 0.643. The van der Waals surface area contributed by atoms with Gasteiger partial charge in [0.2, 0.25) is 5.91 Å². The molecule has 1 N–H and O–H groups in total. The van der Waals surface area contributed by atoms with Crippen molar-refractivity contribution in [1.29, 1.82) is 0 Å². The van der Waals surface area contributed by atoms with Crippen LogP contribution >= 0.6 is 0 Å². The smallest absolute Gasteiger partial charge is 0.220 e. The average Bonchev–Trinajstić information content (AvgIpc) is 3.05. The Hall–Kier alpha value is -1.25. The van der Waals surface area contributed by atoms with Crippen molar-refractivity contribution < 1.29 is 4.79 Å². The van der Waals surface area contributed by atoms with Crippen molar-refractivity contribution in [3.8, 4) is 0 Å². The Kier molecular flexibility index (Phi) is 3.55. The van der Waals surface area contributed by atoms with Crippen LogP contribution in [-0.2, 0) is 11.3 Å². The maximum atomic E-state index is 11.4. The Balaban J connectivity index is 2.01. The molecule has 0 radical (unpaired) electrons. The highest BCUT2D eigenvalue weighted by molar-refractivity contribution is 5.75. The van der Waals surface area contributed by atoms with E-state index >= 15 is 0 Å². The van der Waals surface area contributed by atoms with Crippen molar-refractivity contribution in [2.45, 2.75) is 59.0 Å². The van der Waals surface area contributed by atoms with E-state index in [1.165, 1.54) is 29.8 Å². The molecule has 0 unspecified atom stereocenters. The second-order valence-electron chi connectivity index (χ2n) is 5.02. The average molecular weight is 234 g/mol. The van der Waals surface area contributed by atoms with Gasteiger partial charge >= 0.3 is 0 Å². The largest absolute Gasteiger partial charge is 0.352 e. The first kappa shape index (κ1) is 12.2. The number of amides is 1. The van der Waals surface area contributed by atoms with Crippen LogP contribution < -0.4 is 5.32 Å². The van der Waals surface area contributed by atoms with Gasteiger partial charge in [0.1, 0.15) is 0 Å². The summed E-state index contributed by atoms with van der Waals surface area (Å²) in [7, 11) is 0. The number of hydrogen-bond donors (Lipinski definition) is 1. The summed E-state index contributed by atoms with van der Waals surface area (Å²) < 4.78 is 2.42. The maximum absolute atomic E-state index is 11.4. The zero-order valence-electron chi connectivity index (χ0n) is 11.0. The number of aromatic nitrogens is 1. The summed E-state index contributed by atoms with van der Waals surface area (Å²) in [6, 6.07) is 2.93. The molecule has 3 nitrogen and oxygen atoms in total. The molecular weight excluding hydrogens is 212 g/mol. The molecule has 0 aliphatic heterocycles. The Morgan fingerprint density at radius 1 is 1.47 bits per heavy atom. The predicted octanol–water partition coefficient (Wildman–Crippen LogP) is 2.86. The predicted molar refractivity (Wildman–Crippen MR) is 68.9 cm³/mol. The minimum atomic E-state index is 0.156. The highest BCUT2D eigenvalue weighted by Gasteiger charge is 2.26. The van der Waals surface area contributed by atoms with Gasteiger partial charge in [-0.2, -0.15) is 0 Å². The molecule has 0 saturated heterocycles. The maximum Gasteiger partial charge on any atom is 0.220 e. The van der Waals surface area contributed by atoms with Crippen molar-refractivity contribution in [2.24, 2.45) is 0 Å². The van der Waals surface area contributed by atoms with Crippen molar-refractivity contribution in [3.05, 3.63) is 23.0 Å². The van der Waals surface area contributed by atoms with Crippen LogP contribution in [0.25, 0.3) is 0 Å². The molecule has 94 valence electrons. The minimum absolute atomic E-state index is 0.156. The number of carbonyl (C=O) groups is 1. The molecule has 1 heterocycles. The van der Waals surface area contributed by atoms with Gasteiger partial charge in [-0.05, 0) is 44.7 Å². The standard InChI is InChI=1S/C14H22N2O/c1-4-5-14(17)15-9-12-8-10(2)16(11(12)3)13-6-7-13/h8,13H,4-7,9H2,1-3H3,(H,15,17). The summed E-state index contributed by atoms with van der Waals surface area (Å²) in [5.74, 6) is 0.156. The lowest BCUT2D eigenvalue weighted by molar-refractivity contribution is -0.121. The number of hydrogen-bond acceptors (Lipinski definition) is 1. The van der Waals surface area contributed by atoms with Gasteiger partial charge in [0.15, 0.2) is 0 Å². The topological polar surface area (TPSA) is 34.0 Å². The fourth-order valence-electron chi connectivity index (χ4n) is 2.43. The summed E-state index contributed by atoms with van der Waals surface area (Å²) in [6.07, 6.45) is 4.14.